The van der Waals surface area contributed by atoms with Gasteiger partial charge in [-0.15, -0.1) is 0 Å². The van der Waals surface area contributed by atoms with Crippen molar-refractivity contribution in [2.45, 2.75) is 6.92 Å². The molecule has 0 spiro atoms. The van der Waals surface area contributed by atoms with Crippen molar-refractivity contribution >= 4 is 33.3 Å². The van der Waals surface area contributed by atoms with Crippen molar-refractivity contribution < 1.29 is 23.1 Å². The van der Waals surface area contributed by atoms with Crippen LogP contribution in [-0.4, -0.2) is 38.7 Å². The first-order valence-corrected chi connectivity index (χ1v) is 3.85. The number of ether oxygens (including phenoxy) is 1. The van der Waals surface area contributed by atoms with Gasteiger partial charge in [-0.3, -0.25) is 0 Å². The molecular weight excluding hydrogens is 166 g/mol. The van der Waals surface area contributed by atoms with E-state index in [1.165, 1.54) is 0 Å². The van der Waals surface area contributed by atoms with Crippen molar-refractivity contribution in [3.63, 3.8) is 0 Å². The van der Waals surface area contributed by atoms with Crippen LogP contribution in [0.3, 0.4) is 0 Å². The predicted molar refractivity (Wildman–Crippen MR) is 41.3 cm³/mol. The summed E-state index contributed by atoms with van der Waals surface area (Å²) in [6.07, 6.45) is -0.989. The molecule has 0 aliphatic heterocycles. The van der Waals surface area contributed by atoms with E-state index in [1.807, 2.05) is 0 Å². The van der Waals surface area contributed by atoms with Gasteiger partial charge in [-0.2, -0.15) is 0 Å². The third kappa shape index (κ3) is 7.96. The fourth-order valence-corrected chi connectivity index (χ4v) is 0.771. The van der Waals surface area contributed by atoms with Crippen LogP contribution in [0.5, 0.6) is 0 Å². The van der Waals surface area contributed by atoms with Gasteiger partial charge in [-0.25, -0.2) is 9.36 Å². The first-order chi connectivity index (χ1) is 4.70. The summed E-state index contributed by atoms with van der Waals surface area (Å²) in [6, 6.07) is 0. The van der Waals surface area contributed by atoms with E-state index in [0.29, 0.717) is 0 Å². The van der Waals surface area contributed by atoms with Crippen molar-refractivity contribution in [3.8, 4) is 0 Å². The summed E-state index contributed by atoms with van der Waals surface area (Å²) in [5, 5.41) is 0. The van der Waals surface area contributed by atoms with Crippen LogP contribution in [0.25, 0.3) is 0 Å². The van der Waals surface area contributed by atoms with Crippen molar-refractivity contribution in [2.24, 2.45) is 0 Å². The number of hydrogen-bond donors (Lipinski definition) is 0. The summed E-state index contributed by atoms with van der Waals surface area (Å²) in [5.41, 5.74) is 0. The fourth-order valence-electron chi connectivity index (χ4n) is 0.257. The monoisotopic (exact) mass is 176 g/mol. The zero-order chi connectivity index (χ0) is 7.98. The van der Waals surface area contributed by atoms with E-state index in [1.54, 1.807) is 6.92 Å². The Morgan fingerprint density at radius 1 is 1.55 bits per heavy atom. The molecule has 0 aromatic rings. The van der Waals surface area contributed by atoms with Gasteiger partial charge in [0.25, 0.3) is 0 Å². The molecule has 62 valence electrons. The summed E-state index contributed by atoms with van der Waals surface area (Å²) in [4.78, 5) is 10.2. The normalized spacial score (nSPS) is 11.1. The fraction of sp³-hybridized carbons (Fsp3) is 0.750. The number of carbonyl (C=O) groups is 1. The maximum absolute atomic E-state index is 10.5. The van der Waals surface area contributed by atoms with E-state index in [-0.39, 0.29) is 25.5 Å². The molecule has 7 heteroatoms. The average molecular weight is 176 g/mol. The summed E-state index contributed by atoms with van der Waals surface area (Å²) in [5.74, 6) is 0. The van der Waals surface area contributed by atoms with Crippen molar-refractivity contribution in [2.75, 3.05) is 13.7 Å². The summed E-state index contributed by atoms with van der Waals surface area (Å²) < 4.78 is 23.0. The Morgan fingerprint density at radius 2 is 2.09 bits per heavy atom. The second-order valence-corrected chi connectivity index (χ2v) is 2.23. The SMILES string of the molecule is CCO[PH](=O)OC(=O)OC.[LiH]. The number of carbonyl (C=O) groups excluding carboxylic acids is 1. The molecule has 1 atom stereocenters. The van der Waals surface area contributed by atoms with E-state index < -0.39 is 14.4 Å². The topological polar surface area (TPSA) is 61.8 Å². The van der Waals surface area contributed by atoms with Crippen molar-refractivity contribution in [1.82, 2.24) is 0 Å². The molecule has 0 amide bonds. The number of methoxy groups -OCH3 is 1. The Balaban J connectivity index is 0. The summed E-state index contributed by atoms with van der Waals surface area (Å²) in [7, 11) is -1.55. The Labute approximate surface area is 77.5 Å². The quantitative estimate of drug-likeness (QED) is 0.357. The molecule has 0 radical (unpaired) electrons. The number of hydrogen-bond acceptors (Lipinski definition) is 5. The second-order valence-electron chi connectivity index (χ2n) is 1.24. The molecule has 0 saturated carbocycles. The summed E-state index contributed by atoms with van der Waals surface area (Å²) >= 11 is 0. The third-order valence-corrected chi connectivity index (χ3v) is 1.45. The molecule has 0 fully saturated rings. The summed E-state index contributed by atoms with van der Waals surface area (Å²) in [6.45, 7) is 1.89. The molecule has 0 aromatic carbocycles. The minimum atomic E-state index is -2.68. The van der Waals surface area contributed by atoms with E-state index in [2.05, 4.69) is 13.8 Å². The van der Waals surface area contributed by atoms with E-state index in [0.717, 1.165) is 7.11 Å². The zero-order valence-corrected chi connectivity index (χ0v) is 6.75. The van der Waals surface area contributed by atoms with Crippen LogP contribution >= 0.6 is 8.25 Å². The van der Waals surface area contributed by atoms with Gasteiger partial charge < -0.3 is 13.8 Å². The molecule has 0 N–H and O–H groups in total. The molecule has 0 rings (SSSR count). The Kier molecular flexibility index (Phi) is 10.1. The first-order valence-electron chi connectivity index (χ1n) is 2.63. The van der Waals surface area contributed by atoms with E-state index >= 15 is 0 Å². The molecule has 0 aliphatic rings. The van der Waals surface area contributed by atoms with Crippen LogP contribution < -0.4 is 0 Å². The molecule has 5 nitrogen and oxygen atoms in total. The zero-order valence-electron chi connectivity index (χ0n) is 5.75. The molecule has 1 unspecified atom stereocenters. The first kappa shape index (κ1) is 13.6. The van der Waals surface area contributed by atoms with Gasteiger partial charge in [-0.1, -0.05) is 0 Å². The Morgan fingerprint density at radius 3 is 2.45 bits per heavy atom. The molecule has 0 saturated heterocycles. The van der Waals surface area contributed by atoms with E-state index in [4.69, 9.17) is 0 Å². The standard InChI is InChI=1S/C4H9O5P.Li.H/c1-3-8-10(6)9-4(5)7-2;;/h10H,3H2,1-2H3;;. The Hall–Kier alpha value is 0.0574. The van der Waals surface area contributed by atoms with Gasteiger partial charge in [0.15, 0.2) is 0 Å². The van der Waals surface area contributed by atoms with Crippen LogP contribution in [0.4, 0.5) is 4.79 Å². The molecular formula is C4H10LiO5P. The van der Waals surface area contributed by atoms with Crippen LogP contribution in [0.15, 0.2) is 0 Å². The van der Waals surface area contributed by atoms with Gasteiger partial charge in [0.1, 0.15) is 0 Å². The molecule has 0 aliphatic carbocycles. The van der Waals surface area contributed by atoms with E-state index in [9.17, 15) is 9.36 Å². The van der Waals surface area contributed by atoms with Crippen molar-refractivity contribution in [1.29, 1.82) is 0 Å². The van der Waals surface area contributed by atoms with Gasteiger partial charge in [0, 0.05) is 0 Å². The van der Waals surface area contributed by atoms with Crippen molar-refractivity contribution in [3.05, 3.63) is 0 Å². The van der Waals surface area contributed by atoms with Gasteiger partial charge in [-0.05, 0) is 6.92 Å². The van der Waals surface area contributed by atoms with Crippen LogP contribution in [0, 0.1) is 0 Å². The van der Waals surface area contributed by atoms with Crippen LogP contribution in [0.1, 0.15) is 6.92 Å². The second kappa shape index (κ2) is 8.16. The van der Waals surface area contributed by atoms with Gasteiger partial charge in [0.05, 0.1) is 13.7 Å². The minimum absolute atomic E-state index is 0. The third-order valence-electron chi connectivity index (χ3n) is 0.596. The number of rotatable bonds is 3. The molecule has 11 heavy (non-hydrogen) atoms. The van der Waals surface area contributed by atoms with Gasteiger partial charge >= 0.3 is 33.3 Å². The van der Waals surface area contributed by atoms with Crippen LogP contribution in [0.2, 0.25) is 0 Å². The molecule has 0 heterocycles. The molecule has 0 bridgehead atoms. The Bertz CT molecular complexity index is 138. The van der Waals surface area contributed by atoms with Crippen LogP contribution in [-0.2, 0) is 18.3 Å². The molecule has 0 aromatic heterocycles. The predicted octanol–water partition coefficient (Wildman–Crippen LogP) is 0.547. The maximum atomic E-state index is 10.5. The average Bonchev–Trinajstić information content (AvgIpc) is 1.88. The van der Waals surface area contributed by atoms with Gasteiger partial charge in [0.2, 0.25) is 0 Å².